The first-order valence-electron chi connectivity index (χ1n) is 8.02. The highest BCUT2D eigenvalue weighted by atomic mass is 32.2. The SMILES string of the molecule is CCOC(=O)[C@@]1(C#CC2=CCCCC2)NS(=O)(=O)c2ccccc21. The molecule has 24 heavy (non-hydrogen) atoms. The van der Waals surface area contributed by atoms with Gasteiger partial charge in [0.1, 0.15) is 0 Å². The summed E-state index contributed by atoms with van der Waals surface area (Å²) in [5.74, 6) is 5.19. The van der Waals surface area contributed by atoms with Gasteiger partial charge in [0.05, 0.1) is 11.5 Å². The molecular formula is C18H19NO4S. The summed E-state index contributed by atoms with van der Waals surface area (Å²) in [6.07, 6.45) is 6.03. The fourth-order valence-corrected chi connectivity index (χ4v) is 4.51. The van der Waals surface area contributed by atoms with E-state index in [2.05, 4.69) is 16.6 Å². The Kier molecular flexibility index (Phi) is 4.48. The summed E-state index contributed by atoms with van der Waals surface area (Å²) in [6.45, 7) is 1.83. The minimum atomic E-state index is -3.80. The number of benzene rings is 1. The Morgan fingerprint density at radius 3 is 2.83 bits per heavy atom. The zero-order valence-corrected chi connectivity index (χ0v) is 14.3. The van der Waals surface area contributed by atoms with Crippen molar-refractivity contribution in [1.82, 2.24) is 4.72 Å². The molecule has 0 saturated heterocycles. The molecular weight excluding hydrogens is 326 g/mol. The average molecular weight is 345 g/mol. The molecule has 3 rings (SSSR count). The second-order valence-corrected chi connectivity index (χ2v) is 7.45. The molecule has 0 saturated carbocycles. The number of ether oxygens (including phenoxy) is 1. The van der Waals surface area contributed by atoms with Gasteiger partial charge >= 0.3 is 5.97 Å². The van der Waals surface area contributed by atoms with Crippen LogP contribution >= 0.6 is 0 Å². The van der Waals surface area contributed by atoms with E-state index in [0.717, 1.165) is 31.3 Å². The number of carbonyl (C=O) groups is 1. The Hall–Kier alpha value is -2.10. The van der Waals surface area contributed by atoms with E-state index in [4.69, 9.17) is 4.74 Å². The maximum absolute atomic E-state index is 12.6. The Labute approximate surface area is 142 Å². The van der Waals surface area contributed by atoms with Crippen molar-refractivity contribution in [2.75, 3.05) is 6.61 Å². The van der Waals surface area contributed by atoms with Crippen molar-refractivity contribution in [3.8, 4) is 11.8 Å². The van der Waals surface area contributed by atoms with E-state index in [-0.39, 0.29) is 11.5 Å². The molecule has 6 heteroatoms. The third-order valence-corrected chi connectivity index (χ3v) is 5.66. The van der Waals surface area contributed by atoms with E-state index in [1.807, 2.05) is 6.08 Å². The molecule has 1 N–H and O–H groups in total. The summed E-state index contributed by atoms with van der Waals surface area (Å²) >= 11 is 0. The third kappa shape index (κ3) is 2.85. The van der Waals surface area contributed by atoms with E-state index in [1.54, 1.807) is 25.1 Å². The van der Waals surface area contributed by atoms with Crippen LogP contribution in [-0.2, 0) is 25.1 Å². The van der Waals surface area contributed by atoms with Gasteiger partial charge in [0.2, 0.25) is 15.6 Å². The molecule has 5 nitrogen and oxygen atoms in total. The van der Waals surface area contributed by atoms with Gasteiger partial charge in [0.25, 0.3) is 0 Å². The van der Waals surface area contributed by atoms with Crippen LogP contribution in [-0.4, -0.2) is 21.0 Å². The van der Waals surface area contributed by atoms with Crippen LogP contribution < -0.4 is 4.72 Å². The van der Waals surface area contributed by atoms with Crippen LogP contribution in [0.25, 0.3) is 0 Å². The molecule has 126 valence electrons. The van der Waals surface area contributed by atoms with E-state index >= 15 is 0 Å². The van der Waals surface area contributed by atoms with Crippen molar-refractivity contribution in [3.63, 3.8) is 0 Å². The van der Waals surface area contributed by atoms with Crippen molar-refractivity contribution in [2.24, 2.45) is 0 Å². The maximum atomic E-state index is 12.6. The largest absolute Gasteiger partial charge is 0.464 e. The van der Waals surface area contributed by atoms with Gasteiger partial charge in [-0.05, 0) is 44.2 Å². The number of hydrogen-bond donors (Lipinski definition) is 1. The fraction of sp³-hybridized carbons (Fsp3) is 0.389. The van der Waals surface area contributed by atoms with E-state index in [9.17, 15) is 13.2 Å². The Morgan fingerprint density at radius 2 is 2.12 bits per heavy atom. The second-order valence-electron chi connectivity index (χ2n) is 5.80. The summed E-state index contributed by atoms with van der Waals surface area (Å²) in [7, 11) is -3.80. The Bertz CT molecular complexity index is 860. The van der Waals surface area contributed by atoms with Gasteiger partial charge < -0.3 is 4.74 Å². The Morgan fingerprint density at radius 1 is 1.33 bits per heavy atom. The van der Waals surface area contributed by atoms with Gasteiger partial charge in [-0.1, -0.05) is 36.1 Å². The molecule has 0 fully saturated rings. The number of fused-ring (bicyclic) bond motifs is 1. The fourth-order valence-electron chi connectivity index (χ4n) is 2.98. The molecule has 0 bridgehead atoms. The quantitative estimate of drug-likeness (QED) is 0.659. The van der Waals surface area contributed by atoms with Crippen LogP contribution in [0.5, 0.6) is 0 Å². The number of rotatable bonds is 2. The predicted octanol–water partition coefficient (Wildman–Crippen LogP) is 2.24. The lowest BCUT2D eigenvalue weighted by molar-refractivity contribution is -0.148. The molecule has 0 unspecified atom stereocenters. The molecule has 0 spiro atoms. The zero-order chi connectivity index (χ0) is 17.2. The number of hydrogen-bond acceptors (Lipinski definition) is 4. The molecule has 0 amide bonds. The number of carbonyl (C=O) groups excluding carboxylic acids is 1. The van der Waals surface area contributed by atoms with Gasteiger partial charge in [-0.15, -0.1) is 0 Å². The standard InChI is InChI=1S/C18H19NO4S/c1-2-23-17(20)18(13-12-14-8-4-3-5-9-14)15-10-6-7-11-16(15)24(21,22)19-18/h6-8,10-11,19H,2-5,9H2,1H3/t18-/m0/s1. The van der Waals surface area contributed by atoms with Crippen molar-refractivity contribution < 1.29 is 17.9 Å². The number of allylic oxidation sites excluding steroid dienone is 2. The monoisotopic (exact) mass is 345 g/mol. The second kappa shape index (κ2) is 6.42. The molecule has 0 aromatic heterocycles. The highest BCUT2D eigenvalue weighted by Gasteiger charge is 2.52. The molecule has 1 atom stereocenters. The van der Waals surface area contributed by atoms with Crippen molar-refractivity contribution >= 4 is 16.0 Å². The molecule has 1 aliphatic heterocycles. The lowest BCUT2D eigenvalue weighted by Crippen LogP contribution is -2.46. The predicted molar refractivity (Wildman–Crippen MR) is 89.4 cm³/mol. The summed E-state index contributed by atoms with van der Waals surface area (Å²) < 4.78 is 32.4. The summed E-state index contributed by atoms with van der Waals surface area (Å²) in [5, 5.41) is 0. The zero-order valence-electron chi connectivity index (χ0n) is 13.5. The maximum Gasteiger partial charge on any atom is 0.344 e. The van der Waals surface area contributed by atoms with Gasteiger partial charge in [-0.3, -0.25) is 0 Å². The van der Waals surface area contributed by atoms with Crippen LogP contribution in [0.3, 0.4) is 0 Å². The van der Waals surface area contributed by atoms with E-state index < -0.39 is 21.5 Å². The number of nitrogens with one attached hydrogen (secondary N) is 1. The van der Waals surface area contributed by atoms with Crippen LogP contribution in [0.2, 0.25) is 0 Å². The third-order valence-electron chi connectivity index (χ3n) is 4.15. The van der Waals surface area contributed by atoms with Crippen molar-refractivity contribution in [3.05, 3.63) is 41.5 Å². The lowest BCUT2D eigenvalue weighted by atomic mass is 9.90. The van der Waals surface area contributed by atoms with Crippen LogP contribution in [0, 0.1) is 11.8 Å². The van der Waals surface area contributed by atoms with Crippen molar-refractivity contribution in [1.29, 1.82) is 0 Å². The minimum absolute atomic E-state index is 0.0741. The molecule has 1 heterocycles. The van der Waals surface area contributed by atoms with Crippen molar-refractivity contribution in [2.45, 2.75) is 43.0 Å². The number of esters is 1. The highest BCUT2D eigenvalue weighted by Crippen LogP contribution is 2.36. The van der Waals surface area contributed by atoms with Crippen LogP contribution in [0.15, 0.2) is 40.8 Å². The normalized spacial score (nSPS) is 24.3. The molecule has 1 aromatic carbocycles. The topological polar surface area (TPSA) is 72.5 Å². The van der Waals surface area contributed by atoms with E-state index in [1.165, 1.54) is 6.07 Å². The van der Waals surface area contributed by atoms with Gasteiger partial charge in [-0.2, -0.15) is 4.72 Å². The molecule has 1 aliphatic carbocycles. The van der Waals surface area contributed by atoms with Gasteiger partial charge in [-0.25, -0.2) is 13.2 Å². The Balaban J connectivity index is 2.14. The summed E-state index contributed by atoms with van der Waals surface area (Å²) in [5.41, 5.74) is -0.412. The number of sulfonamides is 1. The lowest BCUT2D eigenvalue weighted by Gasteiger charge is -2.21. The molecule has 0 radical (unpaired) electrons. The summed E-state index contributed by atoms with van der Waals surface area (Å²) in [4.78, 5) is 12.7. The van der Waals surface area contributed by atoms with Gasteiger partial charge in [0, 0.05) is 5.56 Å². The first-order chi connectivity index (χ1) is 11.5. The van der Waals surface area contributed by atoms with Crippen LogP contribution in [0.1, 0.15) is 38.2 Å². The smallest absolute Gasteiger partial charge is 0.344 e. The first-order valence-corrected chi connectivity index (χ1v) is 9.51. The van der Waals surface area contributed by atoms with Gasteiger partial charge in [0.15, 0.2) is 0 Å². The summed E-state index contributed by atoms with van der Waals surface area (Å²) in [6, 6.07) is 6.39. The van der Waals surface area contributed by atoms with E-state index in [0.29, 0.717) is 5.56 Å². The molecule has 1 aromatic rings. The average Bonchev–Trinajstić information content (AvgIpc) is 2.83. The van der Waals surface area contributed by atoms with Crippen LogP contribution in [0.4, 0.5) is 0 Å². The minimum Gasteiger partial charge on any atom is -0.464 e. The first kappa shape index (κ1) is 16.7. The highest BCUT2D eigenvalue weighted by molar-refractivity contribution is 7.90. The molecule has 2 aliphatic rings.